The van der Waals surface area contributed by atoms with Crippen molar-refractivity contribution >= 4 is 21.8 Å². The van der Waals surface area contributed by atoms with Gasteiger partial charge in [0.2, 0.25) is 0 Å². The Morgan fingerprint density at radius 2 is 1.81 bits per heavy atom. The Balaban J connectivity index is 1.73. The zero-order valence-electron chi connectivity index (χ0n) is 15.5. The molecular formula is C21H28BrN3O+2. The van der Waals surface area contributed by atoms with Crippen LogP contribution in [-0.4, -0.2) is 45.7 Å². The third-order valence-electron chi connectivity index (χ3n) is 5.27. The number of amides is 1. The predicted octanol–water partition coefficient (Wildman–Crippen LogP) is 0.642. The average molecular weight is 418 g/mol. The van der Waals surface area contributed by atoms with Gasteiger partial charge in [0.05, 0.1) is 13.6 Å². The van der Waals surface area contributed by atoms with Crippen molar-refractivity contribution in [3.05, 3.63) is 69.7 Å². The lowest BCUT2D eigenvalue weighted by atomic mass is 10.0. The number of quaternary nitrogens is 2. The summed E-state index contributed by atoms with van der Waals surface area (Å²) in [5.41, 5.74) is 3.27. The maximum atomic E-state index is 12.6. The van der Waals surface area contributed by atoms with Gasteiger partial charge < -0.3 is 15.1 Å². The first-order valence-corrected chi connectivity index (χ1v) is 10.1. The Kier molecular flexibility index (Phi) is 6.46. The van der Waals surface area contributed by atoms with Gasteiger partial charge in [-0.3, -0.25) is 4.79 Å². The minimum atomic E-state index is -0.0115. The number of nitrogens with one attached hydrogen (secondary N) is 3. The molecule has 1 heterocycles. The molecule has 1 atom stereocenters. The highest BCUT2D eigenvalue weighted by Crippen LogP contribution is 2.13. The third-order valence-corrected chi connectivity index (χ3v) is 5.77. The van der Waals surface area contributed by atoms with Crippen LogP contribution >= 0.6 is 15.9 Å². The number of likely N-dealkylation sites (N-methyl/N-ethyl adjacent to an activating group) is 1. The first-order valence-electron chi connectivity index (χ1n) is 9.29. The van der Waals surface area contributed by atoms with Crippen LogP contribution < -0.4 is 15.1 Å². The molecule has 26 heavy (non-hydrogen) atoms. The molecule has 1 amide bonds. The van der Waals surface area contributed by atoms with Crippen molar-refractivity contribution in [2.45, 2.75) is 13.0 Å². The zero-order valence-corrected chi connectivity index (χ0v) is 17.1. The van der Waals surface area contributed by atoms with Gasteiger partial charge in [-0.1, -0.05) is 51.8 Å². The monoisotopic (exact) mass is 417 g/mol. The summed E-state index contributed by atoms with van der Waals surface area (Å²) in [6, 6.07) is 16.6. The molecule has 2 aromatic carbocycles. The SMILES string of the molecule is Cc1ccc([C@H](CNC(=O)c2cccc(Br)c2)[NH+]2CC[NH+](C)CC2)cc1. The molecule has 1 aliphatic heterocycles. The molecule has 0 unspecified atom stereocenters. The molecule has 0 radical (unpaired) electrons. The van der Waals surface area contributed by atoms with Crippen molar-refractivity contribution in [3.8, 4) is 0 Å². The Hall–Kier alpha value is -1.69. The topological polar surface area (TPSA) is 38.0 Å². The lowest BCUT2D eigenvalue weighted by molar-refractivity contribution is -1.02. The molecule has 3 rings (SSSR count). The largest absolute Gasteiger partial charge is 0.346 e. The fourth-order valence-electron chi connectivity index (χ4n) is 3.57. The minimum Gasteiger partial charge on any atom is -0.346 e. The van der Waals surface area contributed by atoms with Gasteiger partial charge in [0.25, 0.3) is 5.91 Å². The quantitative estimate of drug-likeness (QED) is 0.656. The van der Waals surface area contributed by atoms with Crippen LogP contribution in [0.15, 0.2) is 53.0 Å². The first kappa shape index (κ1) is 19.1. The third kappa shape index (κ3) is 4.93. The number of rotatable bonds is 5. The van der Waals surface area contributed by atoms with E-state index in [4.69, 9.17) is 0 Å². The summed E-state index contributed by atoms with van der Waals surface area (Å²) in [6.45, 7) is 7.39. The molecule has 5 heteroatoms. The van der Waals surface area contributed by atoms with Crippen LogP contribution in [0.4, 0.5) is 0 Å². The van der Waals surface area contributed by atoms with E-state index in [0.29, 0.717) is 18.2 Å². The fraction of sp³-hybridized carbons (Fsp3) is 0.381. The second-order valence-electron chi connectivity index (χ2n) is 7.30. The van der Waals surface area contributed by atoms with Crippen molar-refractivity contribution in [3.63, 3.8) is 0 Å². The van der Waals surface area contributed by atoms with Crippen LogP contribution in [0.1, 0.15) is 27.5 Å². The summed E-state index contributed by atoms with van der Waals surface area (Å²) < 4.78 is 0.924. The van der Waals surface area contributed by atoms with Crippen LogP contribution in [0.5, 0.6) is 0 Å². The molecule has 0 bridgehead atoms. The smallest absolute Gasteiger partial charge is 0.251 e. The molecule has 0 aliphatic carbocycles. The van der Waals surface area contributed by atoms with Gasteiger partial charge in [0.1, 0.15) is 32.2 Å². The lowest BCUT2D eigenvalue weighted by Crippen LogP contribution is -3.27. The summed E-state index contributed by atoms with van der Waals surface area (Å²) >= 11 is 3.44. The van der Waals surface area contributed by atoms with Crippen molar-refractivity contribution < 1.29 is 14.6 Å². The summed E-state index contributed by atoms with van der Waals surface area (Å²) in [7, 11) is 2.26. The van der Waals surface area contributed by atoms with Gasteiger partial charge in [-0.05, 0) is 25.1 Å². The van der Waals surface area contributed by atoms with Crippen molar-refractivity contribution in [2.75, 3.05) is 39.8 Å². The maximum Gasteiger partial charge on any atom is 0.251 e. The molecular weight excluding hydrogens is 390 g/mol. The van der Waals surface area contributed by atoms with Gasteiger partial charge in [0.15, 0.2) is 0 Å². The summed E-state index contributed by atoms with van der Waals surface area (Å²) in [5.74, 6) is -0.0115. The van der Waals surface area contributed by atoms with Gasteiger partial charge >= 0.3 is 0 Å². The number of carbonyl (C=O) groups is 1. The van der Waals surface area contributed by atoms with Crippen molar-refractivity contribution in [1.82, 2.24) is 5.32 Å². The average Bonchev–Trinajstić information content (AvgIpc) is 2.64. The molecule has 0 spiro atoms. The van der Waals surface area contributed by atoms with E-state index in [1.54, 1.807) is 9.80 Å². The molecule has 138 valence electrons. The van der Waals surface area contributed by atoms with Crippen molar-refractivity contribution in [1.29, 1.82) is 0 Å². The molecule has 2 aromatic rings. The van der Waals surface area contributed by atoms with Crippen LogP contribution in [0.2, 0.25) is 0 Å². The molecule has 4 nitrogen and oxygen atoms in total. The van der Waals surface area contributed by atoms with E-state index >= 15 is 0 Å². The van der Waals surface area contributed by atoms with Gasteiger partial charge in [-0.25, -0.2) is 0 Å². The zero-order chi connectivity index (χ0) is 18.5. The second-order valence-corrected chi connectivity index (χ2v) is 8.21. The van der Waals surface area contributed by atoms with E-state index in [0.717, 1.165) is 17.6 Å². The van der Waals surface area contributed by atoms with Gasteiger partial charge in [0, 0.05) is 15.6 Å². The number of aryl methyl sites for hydroxylation is 1. The highest BCUT2D eigenvalue weighted by atomic mass is 79.9. The van der Waals surface area contributed by atoms with Gasteiger partial charge in [-0.2, -0.15) is 0 Å². The highest BCUT2D eigenvalue weighted by Gasteiger charge is 2.29. The summed E-state index contributed by atoms with van der Waals surface area (Å²) in [5, 5.41) is 3.16. The fourth-order valence-corrected chi connectivity index (χ4v) is 3.97. The minimum absolute atomic E-state index is 0.0115. The normalized spacial score (nSPS) is 21.2. The number of carbonyl (C=O) groups excluding carboxylic acids is 1. The molecule has 0 saturated carbocycles. The van der Waals surface area contributed by atoms with Crippen LogP contribution in [0.25, 0.3) is 0 Å². The molecule has 1 fully saturated rings. The Bertz CT molecular complexity index is 739. The van der Waals surface area contributed by atoms with Crippen LogP contribution in [0.3, 0.4) is 0 Å². The Morgan fingerprint density at radius 1 is 1.12 bits per heavy atom. The highest BCUT2D eigenvalue weighted by molar-refractivity contribution is 9.10. The van der Waals surface area contributed by atoms with E-state index in [1.165, 1.54) is 24.2 Å². The van der Waals surface area contributed by atoms with Crippen molar-refractivity contribution in [2.24, 2.45) is 0 Å². The van der Waals surface area contributed by atoms with E-state index in [2.05, 4.69) is 59.5 Å². The van der Waals surface area contributed by atoms with E-state index in [-0.39, 0.29) is 5.91 Å². The maximum absolute atomic E-state index is 12.6. The number of halogens is 1. The standard InChI is InChI=1S/C21H26BrN3O/c1-16-6-8-17(9-7-16)20(25-12-10-24(2)11-13-25)15-23-21(26)18-4-3-5-19(22)14-18/h3-9,14,20H,10-13,15H2,1-2H3,(H,23,26)/p+2/t20-/m0/s1. The number of hydrogen-bond donors (Lipinski definition) is 3. The van der Waals surface area contributed by atoms with E-state index < -0.39 is 0 Å². The van der Waals surface area contributed by atoms with E-state index in [1.807, 2.05) is 24.3 Å². The first-order chi connectivity index (χ1) is 12.5. The lowest BCUT2D eigenvalue weighted by Gasteiger charge is -2.33. The summed E-state index contributed by atoms with van der Waals surface area (Å²) in [6.07, 6.45) is 0. The predicted molar refractivity (Wildman–Crippen MR) is 108 cm³/mol. The molecule has 3 N–H and O–H groups in total. The Morgan fingerprint density at radius 3 is 2.46 bits per heavy atom. The second kappa shape index (κ2) is 8.80. The molecule has 1 saturated heterocycles. The number of hydrogen-bond acceptors (Lipinski definition) is 1. The number of piperazine rings is 1. The number of benzene rings is 2. The van der Waals surface area contributed by atoms with Gasteiger partial charge in [-0.15, -0.1) is 0 Å². The molecule has 1 aliphatic rings. The summed E-state index contributed by atoms with van der Waals surface area (Å²) in [4.78, 5) is 15.7. The van der Waals surface area contributed by atoms with Crippen LogP contribution in [-0.2, 0) is 0 Å². The van der Waals surface area contributed by atoms with E-state index in [9.17, 15) is 4.79 Å². The Labute approximate surface area is 164 Å². The van der Waals surface area contributed by atoms with Crippen LogP contribution in [0, 0.1) is 6.92 Å². The molecule has 0 aromatic heterocycles.